The molecule has 0 unspecified atom stereocenters. The van der Waals surface area contributed by atoms with Crippen LogP contribution >= 0.6 is 0 Å². The molecule has 4 nitrogen and oxygen atoms in total. The zero-order chi connectivity index (χ0) is 12.8. The minimum atomic E-state index is -0.195. The van der Waals surface area contributed by atoms with Gasteiger partial charge in [0.25, 0.3) is 5.89 Å². The van der Waals surface area contributed by atoms with Crippen LogP contribution in [0.2, 0.25) is 0 Å². The molecule has 2 rings (SSSR count). The summed E-state index contributed by atoms with van der Waals surface area (Å²) < 4.78 is 5.10. The van der Waals surface area contributed by atoms with Gasteiger partial charge in [-0.05, 0) is 30.5 Å². The molecule has 0 aliphatic rings. The summed E-state index contributed by atoms with van der Waals surface area (Å²) in [5.41, 5.74) is 2.20. The Morgan fingerprint density at radius 3 is 2.89 bits per heavy atom. The first kappa shape index (κ1) is 12.8. The number of aliphatic hydroxyl groups excluding tert-OH is 1. The van der Waals surface area contributed by atoms with Crippen molar-refractivity contribution >= 4 is 0 Å². The molecule has 0 bridgehead atoms. The number of aromatic nitrogens is 2. The Hall–Kier alpha value is -1.68. The molecular formula is C14H18N2O2. The van der Waals surface area contributed by atoms with E-state index < -0.39 is 0 Å². The number of rotatable bonds is 6. The van der Waals surface area contributed by atoms with E-state index in [0.29, 0.717) is 11.7 Å². The second kappa shape index (κ2) is 6.31. The number of hydrogen-bond acceptors (Lipinski definition) is 4. The summed E-state index contributed by atoms with van der Waals surface area (Å²) >= 11 is 0. The van der Waals surface area contributed by atoms with Crippen molar-refractivity contribution in [2.24, 2.45) is 0 Å². The molecule has 96 valence electrons. The molecule has 1 heterocycles. The van der Waals surface area contributed by atoms with Gasteiger partial charge in [0.05, 0.1) is 0 Å². The van der Waals surface area contributed by atoms with Gasteiger partial charge in [-0.3, -0.25) is 0 Å². The highest BCUT2D eigenvalue weighted by Gasteiger charge is 2.08. The van der Waals surface area contributed by atoms with Crippen LogP contribution in [-0.4, -0.2) is 15.2 Å². The van der Waals surface area contributed by atoms with Crippen LogP contribution in [0.5, 0.6) is 0 Å². The molecule has 0 saturated carbocycles. The van der Waals surface area contributed by atoms with Gasteiger partial charge >= 0.3 is 0 Å². The average molecular weight is 246 g/mol. The third kappa shape index (κ3) is 3.17. The lowest BCUT2D eigenvalue weighted by atomic mass is 10.0. The Bertz CT molecular complexity index is 494. The molecular weight excluding hydrogens is 228 g/mol. The summed E-state index contributed by atoms with van der Waals surface area (Å²) in [6.45, 7) is 2.00. The van der Waals surface area contributed by atoms with Crippen LogP contribution in [0.4, 0.5) is 0 Å². The highest BCUT2D eigenvalue weighted by Crippen LogP contribution is 2.19. The largest absolute Gasteiger partial charge is 0.388 e. The third-order valence-electron chi connectivity index (χ3n) is 2.85. The Balaban J connectivity index is 2.11. The van der Waals surface area contributed by atoms with E-state index in [4.69, 9.17) is 9.63 Å². The maximum absolute atomic E-state index is 8.91. The van der Waals surface area contributed by atoms with Gasteiger partial charge in [-0.15, -0.1) is 0 Å². The van der Waals surface area contributed by atoms with Crippen LogP contribution in [0.3, 0.4) is 0 Å². The topological polar surface area (TPSA) is 59.2 Å². The Morgan fingerprint density at radius 1 is 1.28 bits per heavy atom. The standard InChI is InChI=1S/C14H18N2O2/c1-2-3-4-6-11-7-5-8-12(9-11)14-15-13(10-17)16-18-14/h5,7-9,17H,2-4,6,10H2,1H3. The van der Waals surface area contributed by atoms with E-state index in [9.17, 15) is 0 Å². The smallest absolute Gasteiger partial charge is 0.258 e. The predicted molar refractivity (Wildman–Crippen MR) is 68.9 cm³/mol. The zero-order valence-electron chi connectivity index (χ0n) is 10.6. The molecule has 0 saturated heterocycles. The van der Waals surface area contributed by atoms with Crippen molar-refractivity contribution in [3.8, 4) is 11.5 Å². The first-order valence-corrected chi connectivity index (χ1v) is 6.36. The average Bonchev–Trinajstić information content (AvgIpc) is 2.88. The first-order chi connectivity index (χ1) is 8.83. The fraction of sp³-hybridized carbons (Fsp3) is 0.429. The number of unbranched alkanes of at least 4 members (excludes halogenated alkanes) is 2. The molecule has 0 radical (unpaired) electrons. The van der Waals surface area contributed by atoms with Crippen LogP contribution in [0, 0.1) is 0 Å². The van der Waals surface area contributed by atoms with Gasteiger partial charge in [-0.2, -0.15) is 4.98 Å². The van der Waals surface area contributed by atoms with Gasteiger partial charge < -0.3 is 9.63 Å². The van der Waals surface area contributed by atoms with Crippen molar-refractivity contribution in [1.29, 1.82) is 0 Å². The van der Waals surface area contributed by atoms with Crippen LogP contribution in [0.25, 0.3) is 11.5 Å². The summed E-state index contributed by atoms with van der Waals surface area (Å²) in [5.74, 6) is 0.790. The normalized spacial score (nSPS) is 10.8. The maximum Gasteiger partial charge on any atom is 0.258 e. The highest BCUT2D eigenvalue weighted by atomic mass is 16.5. The van der Waals surface area contributed by atoms with E-state index in [2.05, 4.69) is 29.2 Å². The number of benzene rings is 1. The van der Waals surface area contributed by atoms with Crippen LogP contribution < -0.4 is 0 Å². The minimum absolute atomic E-state index is 0.195. The minimum Gasteiger partial charge on any atom is -0.388 e. The highest BCUT2D eigenvalue weighted by molar-refractivity contribution is 5.54. The van der Waals surface area contributed by atoms with Crippen molar-refractivity contribution in [2.75, 3.05) is 0 Å². The van der Waals surface area contributed by atoms with Crippen LogP contribution in [-0.2, 0) is 13.0 Å². The quantitative estimate of drug-likeness (QED) is 0.796. The molecule has 0 aliphatic heterocycles. The summed E-state index contributed by atoms with van der Waals surface area (Å²) in [5, 5.41) is 12.6. The maximum atomic E-state index is 8.91. The lowest BCUT2D eigenvalue weighted by Crippen LogP contribution is -1.88. The molecule has 1 N–H and O–H groups in total. The lowest BCUT2D eigenvalue weighted by Gasteiger charge is -2.02. The lowest BCUT2D eigenvalue weighted by molar-refractivity contribution is 0.264. The van der Waals surface area contributed by atoms with E-state index in [1.807, 2.05) is 12.1 Å². The summed E-state index contributed by atoms with van der Waals surface area (Å²) in [6, 6.07) is 8.13. The monoisotopic (exact) mass is 246 g/mol. The van der Waals surface area contributed by atoms with E-state index in [1.54, 1.807) is 0 Å². The second-order valence-electron chi connectivity index (χ2n) is 4.33. The van der Waals surface area contributed by atoms with E-state index >= 15 is 0 Å². The van der Waals surface area contributed by atoms with E-state index in [-0.39, 0.29) is 6.61 Å². The SMILES string of the molecule is CCCCCc1cccc(-c2nc(CO)no2)c1. The molecule has 1 aromatic heterocycles. The molecule has 4 heteroatoms. The number of aryl methyl sites for hydroxylation is 1. The first-order valence-electron chi connectivity index (χ1n) is 6.36. The van der Waals surface area contributed by atoms with Crippen molar-refractivity contribution in [3.05, 3.63) is 35.7 Å². The van der Waals surface area contributed by atoms with Crippen LogP contribution in [0.15, 0.2) is 28.8 Å². The Labute approximate surface area is 107 Å². The molecule has 0 amide bonds. The summed E-state index contributed by atoms with van der Waals surface area (Å²) in [6.07, 6.45) is 4.75. The van der Waals surface area contributed by atoms with Crippen molar-refractivity contribution in [3.63, 3.8) is 0 Å². The molecule has 0 spiro atoms. The number of hydrogen-bond donors (Lipinski definition) is 1. The molecule has 0 fully saturated rings. The van der Waals surface area contributed by atoms with Crippen molar-refractivity contribution < 1.29 is 9.63 Å². The van der Waals surface area contributed by atoms with Crippen molar-refractivity contribution in [2.45, 2.75) is 39.2 Å². The number of aliphatic hydroxyl groups is 1. The van der Waals surface area contributed by atoms with Crippen LogP contribution in [0.1, 0.15) is 37.6 Å². The predicted octanol–water partition coefficient (Wildman–Crippen LogP) is 2.96. The van der Waals surface area contributed by atoms with Gasteiger partial charge in [0.2, 0.25) is 0 Å². The van der Waals surface area contributed by atoms with Gasteiger partial charge in [0.1, 0.15) is 6.61 Å². The van der Waals surface area contributed by atoms with Crippen molar-refractivity contribution in [1.82, 2.24) is 10.1 Å². The molecule has 2 aromatic rings. The summed E-state index contributed by atoms with van der Waals surface area (Å²) in [7, 11) is 0. The van der Waals surface area contributed by atoms with E-state index in [1.165, 1.54) is 24.8 Å². The molecule has 0 atom stereocenters. The number of nitrogens with zero attached hydrogens (tertiary/aromatic N) is 2. The third-order valence-corrected chi connectivity index (χ3v) is 2.85. The van der Waals surface area contributed by atoms with Gasteiger partial charge in [0, 0.05) is 5.56 Å². The summed E-state index contributed by atoms with van der Waals surface area (Å²) in [4.78, 5) is 4.11. The van der Waals surface area contributed by atoms with Gasteiger partial charge in [-0.1, -0.05) is 37.1 Å². The molecule has 1 aromatic carbocycles. The fourth-order valence-corrected chi connectivity index (χ4v) is 1.87. The van der Waals surface area contributed by atoms with Gasteiger partial charge in [-0.25, -0.2) is 0 Å². The van der Waals surface area contributed by atoms with Gasteiger partial charge in [0.15, 0.2) is 5.82 Å². The fourth-order valence-electron chi connectivity index (χ4n) is 1.87. The Kier molecular flexibility index (Phi) is 4.47. The van der Waals surface area contributed by atoms with E-state index in [0.717, 1.165) is 12.0 Å². The Morgan fingerprint density at radius 2 is 2.17 bits per heavy atom. The zero-order valence-corrected chi connectivity index (χ0v) is 10.6. The second-order valence-corrected chi connectivity index (χ2v) is 4.33. The molecule has 0 aliphatic carbocycles. The molecule has 18 heavy (non-hydrogen) atoms.